The summed E-state index contributed by atoms with van der Waals surface area (Å²) in [5.41, 5.74) is 0. The van der Waals surface area contributed by atoms with E-state index in [0.29, 0.717) is 0 Å². The van der Waals surface area contributed by atoms with Gasteiger partial charge in [-0.2, -0.15) is 0 Å². The van der Waals surface area contributed by atoms with Crippen LogP contribution in [-0.4, -0.2) is 44.4 Å². The van der Waals surface area contributed by atoms with E-state index in [-0.39, 0.29) is 0 Å². The molecular weight excluding hydrogens is 274 g/mol. The number of nitrogens with zero attached hydrogens (tertiary/aromatic N) is 1. The van der Waals surface area contributed by atoms with Crippen molar-refractivity contribution in [2.75, 3.05) is 39.9 Å². The lowest BCUT2D eigenvalue weighted by Gasteiger charge is -2.33. The van der Waals surface area contributed by atoms with Crippen molar-refractivity contribution in [1.82, 2.24) is 0 Å². The maximum atomic E-state index is 5.92. The summed E-state index contributed by atoms with van der Waals surface area (Å²) in [4.78, 5) is 0. The minimum absolute atomic E-state index is 0.798. The van der Waals surface area contributed by atoms with E-state index in [4.69, 9.17) is 9.47 Å². The van der Waals surface area contributed by atoms with Crippen LogP contribution in [0.3, 0.4) is 0 Å². The first-order valence-corrected chi connectivity index (χ1v) is 8.91. The van der Waals surface area contributed by atoms with E-state index >= 15 is 0 Å². The molecular formula is C19H32NO2+. The summed E-state index contributed by atoms with van der Waals surface area (Å²) in [6.07, 6.45) is 7.79. The average Bonchev–Trinajstić information content (AvgIpc) is 2.74. The minimum Gasteiger partial charge on any atom is -0.494 e. The number of likely N-dealkylation sites (tertiary alicyclic amines) is 1. The monoisotopic (exact) mass is 306 g/mol. The quantitative estimate of drug-likeness (QED) is 0.527. The Balaban J connectivity index is 1.72. The van der Waals surface area contributed by atoms with E-state index in [1.807, 2.05) is 24.3 Å². The van der Waals surface area contributed by atoms with E-state index in [2.05, 4.69) is 14.0 Å². The maximum absolute atomic E-state index is 5.92. The molecule has 3 nitrogen and oxygen atoms in total. The van der Waals surface area contributed by atoms with Gasteiger partial charge in [-0.3, -0.25) is 0 Å². The van der Waals surface area contributed by atoms with Gasteiger partial charge in [0, 0.05) is 0 Å². The topological polar surface area (TPSA) is 18.5 Å². The fourth-order valence-electron chi connectivity index (χ4n) is 3.03. The first-order chi connectivity index (χ1) is 10.7. The van der Waals surface area contributed by atoms with E-state index in [1.165, 1.54) is 38.8 Å². The van der Waals surface area contributed by atoms with Gasteiger partial charge < -0.3 is 14.0 Å². The number of unbranched alkanes of at least 4 members (excludes halogenated alkanes) is 1. The summed E-state index contributed by atoms with van der Waals surface area (Å²) in [6.45, 7) is 7.47. The van der Waals surface area contributed by atoms with Gasteiger partial charge in [0.2, 0.25) is 0 Å². The molecule has 2 rings (SSSR count). The third kappa shape index (κ3) is 5.88. The van der Waals surface area contributed by atoms with E-state index in [9.17, 15) is 0 Å². The van der Waals surface area contributed by atoms with Gasteiger partial charge in [-0.1, -0.05) is 13.3 Å². The van der Waals surface area contributed by atoms with Crippen LogP contribution in [0.2, 0.25) is 0 Å². The summed E-state index contributed by atoms with van der Waals surface area (Å²) in [6, 6.07) is 8.05. The largest absolute Gasteiger partial charge is 0.494 e. The molecule has 124 valence electrons. The summed E-state index contributed by atoms with van der Waals surface area (Å²) in [7, 11) is 2.37. The van der Waals surface area contributed by atoms with Crippen LogP contribution < -0.4 is 9.47 Å². The fourth-order valence-corrected chi connectivity index (χ4v) is 3.03. The molecule has 3 heteroatoms. The summed E-state index contributed by atoms with van der Waals surface area (Å²) >= 11 is 0. The Labute approximate surface area is 135 Å². The Morgan fingerprint density at radius 2 is 1.41 bits per heavy atom. The molecule has 22 heavy (non-hydrogen) atoms. The van der Waals surface area contributed by atoms with Crippen LogP contribution in [0.15, 0.2) is 24.3 Å². The van der Waals surface area contributed by atoms with Gasteiger partial charge in [-0.15, -0.1) is 0 Å². The van der Waals surface area contributed by atoms with Crippen LogP contribution >= 0.6 is 0 Å². The number of rotatable bonds is 8. The Morgan fingerprint density at radius 1 is 0.864 bits per heavy atom. The van der Waals surface area contributed by atoms with Crippen molar-refractivity contribution in [3.63, 3.8) is 0 Å². The number of hydrogen-bond donors (Lipinski definition) is 0. The Kier molecular flexibility index (Phi) is 7.04. The number of hydrogen-bond acceptors (Lipinski definition) is 2. The molecule has 1 fully saturated rings. The molecule has 0 aromatic heterocycles. The second-order valence-electron chi connectivity index (χ2n) is 6.73. The van der Waals surface area contributed by atoms with Crippen molar-refractivity contribution in [2.24, 2.45) is 0 Å². The van der Waals surface area contributed by atoms with Crippen molar-refractivity contribution >= 4 is 0 Å². The molecule has 0 N–H and O–H groups in total. The van der Waals surface area contributed by atoms with Gasteiger partial charge >= 0.3 is 0 Å². The number of quaternary nitrogens is 1. The standard InChI is InChI=1S/C19H32NO2/c1-3-4-16-21-18-9-11-19(12-10-18)22-17-15-20(2)13-7-5-6-8-14-20/h9-12H,3-8,13-17H2,1-2H3/q+1. The third-order valence-electron chi connectivity index (χ3n) is 4.64. The van der Waals surface area contributed by atoms with Crippen molar-refractivity contribution in [3.8, 4) is 11.5 Å². The lowest BCUT2D eigenvalue weighted by molar-refractivity contribution is -0.908. The molecule has 0 unspecified atom stereocenters. The highest BCUT2D eigenvalue weighted by atomic mass is 16.5. The molecule has 1 aromatic carbocycles. The van der Waals surface area contributed by atoms with E-state index < -0.39 is 0 Å². The zero-order valence-corrected chi connectivity index (χ0v) is 14.4. The van der Waals surface area contributed by atoms with Crippen LogP contribution in [0.5, 0.6) is 11.5 Å². The normalized spacial score (nSPS) is 17.7. The van der Waals surface area contributed by atoms with Crippen molar-refractivity contribution in [1.29, 1.82) is 0 Å². The van der Waals surface area contributed by atoms with Crippen molar-refractivity contribution < 1.29 is 14.0 Å². The Hall–Kier alpha value is -1.22. The van der Waals surface area contributed by atoms with Crippen LogP contribution in [0.4, 0.5) is 0 Å². The average molecular weight is 306 g/mol. The molecule has 0 radical (unpaired) electrons. The zero-order chi connectivity index (χ0) is 15.7. The second-order valence-corrected chi connectivity index (χ2v) is 6.73. The molecule has 1 aliphatic rings. The van der Waals surface area contributed by atoms with Crippen LogP contribution in [-0.2, 0) is 0 Å². The van der Waals surface area contributed by atoms with E-state index in [0.717, 1.165) is 48.6 Å². The van der Waals surface area contributed by atoms with Gasteiger partial charge in [0.05, 0.1) is 26.7 Å². The Bertz CT molecular complexity index is 408. The van der Waals surface area contributed by atoms with Crippen LogP contribution in [0.25, 0.3) is 0 Å². The minimum atomic E-state index is 0.798. The number of benzene rings is 1. The lowest BCUT2D eigenvalue weighted by atomic mass is 10.2. The molecule has 0 saturated carbocycles. The van der Waals surface area contributed by atoms with Gasteiger partial charge in [-0.25, -0.2) is 0 Å². The predicted molar refractivity (Wildman–Crippen MR) is 91.6 cm³/mol. The van der Waals surface area contributed by atoms with Crippen molar-refractivity contribution in [2.45, 2.75) is 45.4 Å². The van der Waals surface area contributed by atoms with Gasteiger partial charge in [0.1, 0.15) is 24.7 Å². The smallest absolute Gasteiger partial charge is 0.137 e. The van der Waals surface area contributed by atoms with Gasteiger partial charge in [0.25, 0.3) is 0 Å². The number of ether oxygens (including phenoxy) is 2. The maximum Gasteiger partial charge on any atom is 0.137 e. The molecule has 0 aliphatic carbocycles. The zero-order valence-electron chi connectivity index (χ0n) is 14.4. The molecule has 0 bridgehead atoms. The van der Waals surface area contributed by atoms with Crippen molar-refractivity contribution in [3.05, 3.63) is 24.3 Å². The van der Waals surface area contributed by atoms with Gasteiger partial charge in [0.15, 0.2) is 0 Å². The number of likely N-dealkylation sites (N-methyl/N-ethyl adjacent to an activating group) is 1. The highest BCUT2D eigenvalue weighted by Crippen LogP contribution is 2.19. The predicted octanol–water partition coefficient (Wildman–Crippen LogP) is 4.26. The molecule has 0 amide bonds. The molecule has 1 aliphatic heterocycles. The summed E-state index contributed by atoms with van der Waals surface area (Å²) in [5, 5.41) is 0. The van der Waals surface area contributed by atoms with E-state index in [1.54, 1.807) is 0 Å². The SMILES string of the molecule is CCCCOc1ccc(OCC[N+]2(C)CCCCCC2)cc1. The first kappa shape index (κ1) is 17.1. The summed E-state index contributed by atoms with van der Waals surface area (Å²) < 4.78 is 12.8. The fraction of sp³-hybridized carbons (Fsp3) is 0.684. The summed E-state index contributed by atoms with van der Waals surface area (Å²) in [5.74, 6) is 1.89. The molecule has 1 heterocycles. The Morgan fingerprint density at radius 3 is 1.95 bits per heavy atom. The molecule has 1 aromatic rings. The van der Waals surface area contributed by atoms with Crippen LogP contribution in [0.1, 0.15) is 45.4 Å². The third-order valence-corrected chi connectivity index (χ3v) is 4.64. The molecule has 1 saturated heterocycles. The van der Waals surface area contributed by atoms with Gasteiger partial charge in [-0.05, 0) is 56.4 Å². The first-order valence-electron chi connectivity index (χ1n) is 8.91. The molecule has 0 spiro atoms. The molecule has 0 atom stereocenters. The van der Waals surface area contributed by atoms with Crippen LogP contribution in [0, 0.1) is 0 Å². The second kappa shape index (κ2) is 9.04. The highest BCUT2D eigenvalue weighted by molar-refractivity contribution is 5.31. The lowest BCUT2D eigenvalue weighted by Crippen LogP contribution is -2.47. The highest BCUT2D eigenvalue weighted by Gasteiger charge is 2.22.